The molecule has 1 fully saturated rings. The summed E-state index contributed by atoms with van der Waals surface area (Å²) in [5, 5.41) is 3.02. The van der Waals surface area contributed by atoms with Gasteiger partial charge in [0, 0.05) is 6.04 Å². The van der Waals surface area contributed by atoms with Crippen molar-refractivity contribution in [2.45, 2.75) is 71.6 Å². The average molecular weight is 347 g/mol. The molecule has 5 nitrogen and oxygen atoms in total. The lowest BCUT2D eigenvalue weighted by atomic mass is 9.86. The van der Waals surface area contributed by atoms with Gasteiger partial charge in [-0.1, -0.05) is 19.8 Å². The van der Waals surface area contributed by atoms with Gasteiger partial charge in [0.05, 0.1) is 11.7 Å². The highest BCUT2D eigenvalue weighted by molar-refractivity contribution is 5.92. The van der Waals surface area contributed by atoms with E-state index in [2.05, 4.69) is 12.2 Å². The van der Waals surface area contributed by atoms with E-state index in [-0.39, 0.29) is 18.1 Å². The maximum absolute atomic E-state index is 12.3. The van der Waals surface area contributed by atoms with Crippen LogP contribution in [0.25, 0.3) is 0 Å². The van der Waals surface area contributed by atoms with Crippen molar-refractivity contribution in [1.82, 2.24) is 5.32 Å². The van der Waals surface area contributed by atoms with Gasteiger partial charge in [0.25, 0.3) is 5.91 Å². The van der Waals surface area contributed by atoms with Crippen LogP contribution in [0.2, 0.25) is 0 Å². The molecular weight excluding hydrogens is 318 g/mol. The van der Waals surface area contributed by atoms with E-state index in [0.29, 0.717) is 17.2 Å². The lowest BCUT2D eigenvalue weighted by Gasteiger charge is -2.30. The smallest absolute Gasteiger partial charge is 0.338 e. The Kier molecular flexibility index (Phi) is 6.85. The molecule has 0 bridgehead atoms. The first-order valence-corrected chi connectivity index (χ1v) is 9.15. The van der Waals surface area contributed by atoms with Gasteiger partial charge in [-0.05, 0) is 63.8 Å². The van der Waals surface area contributed by atoms with Gasteiger partial charge in [0.15, 0.2) is 6.10 Å². The van der Waals surface area contributed by atoms with Crippen molar-refractivity contribution in [1.29, 1.82) is 0 Å². The summed E-state index contributed by atoms with van der Waals surface area (Å²) in [5.41, 5.74) is 0.404. The highest BCUT2D eigenvalue weighted by Gasteiger charge is 2.26. The van der Waals surface area contributed by atoms with E-state index < -0.39 is 12.1 Å². The molecular formula is C20H29NO4. The number of nitrogens with one attached hydrogen (secondary N) is 1. The Bertz CT molecular complexity index is 582. The number of carbonyl (C=O) groups is 2. The Balaban J connectivity index is 1.87. The van der Waals surface area contributed by atoms with E-state index in [0.717, 1.165) is 19.3 Å². The monoisotopic (exact) mass is 347 g/mol. The highest BCUT2D eigenvalue weighted by atomic mass is 16.5. The molecule has 2 rings (SSSR count). The van der Waals surface area contributed by atoms with E-state index in [1.165, 1.54) is 6.42 Å². The molecule has 25 heavy (non-hydrogen) atoms. The quantitative estimate of drug-likeness (QED) is 0.797. The van der Waals surface area contributed by atoms with E-state index >= 15 is 0 Å². The van der Waals surface area contributed by atoms with Crippen molar-refractivity contribution >= 4 is 11.9 Å². The van der Waals surface area contributed by atoms with Crippen molar-refractivity contribution in [3.8, 4) is 5.75 Å². The maximum Gasteiger partial charge on any atom is 0.338 e. The van der Waals surface area contributed by atoms with Crippen LogP contribution in [0.1, 0.15) is 63.7 Å². The molecule has 0 unspecified atom stereocenters. The number of rotatable bonds is 6. The van der Waals surface area contributed by atoms with Crippen molar-refractivity contribution in [2.75, 3.05) is 0 Å². The van der Waals surface area contributed by atoms with Gasteiger partial charge in [-0.25, -0.2) is 4.79 Å². The van der Waals surface area contributed by atoms with Crippen molar-refractivity contribution in [3.63, 3.8) is 0 Å². The predicted molar refractivity (Wildman–Crippen MR) is 96.6 cm³/mol. The minimum atomic E-state index is -0.812. The van der Waals surface area contributed by atoms with Crippen LogP contribution in [0.5, 0.6) is 5.75 Å². The molecule has 138 valence electrons. The number of ether oxygens (including phenoxy) is 2. The number of esters is 1. The molecule has 0 saturated heterocycles. The summed E-state index contributed by atoms with van der Waals surface area (Å²) in [4.78, 5) is 24.5. The number of amides is 1. The minimum Gasteiger partial charge on any atom is -0.491 e. The molecule has 1 saturated carbocycles. The van der Waals surface area contributed by atoms with Crippen molar-refractivity contribution in [2.24, 2.45) is 5.92 Å². The molecule has 0 aliphatic heterocycles. The summed E-state index contributed by atoms with van der Waals surface area (Å²) in [7, 11) is 0. The first kappa shape index (κ1) is 19.3. The van der Waals surface area contributed by atoms with E-state index in [1.54, 1.807) is 31.2 Å². The maximum atomic E-state index is 12.3. The molecule has 3 atom stereocenters. The standard InChI is InChI=1S/C20H29NO4/c1-13(2)24-17-11-9-16(10-12-17)20(23)25-15(4)19(22)21-18-8-6-5-7-14(18)3/h9-15,18H,5-8H2,1-4H3,(H,21,22)/t14-,15-,18-/m1/s1. The Labute approximate surface area is 150 Å². The Hall–Kier alpha value is -2.04. The van der Waals surface area contributed by atoms with Crippen LogP contribution in [0.3, 0.4) is 0 Å². The fourth-order valence-corrected chi connectivity index (χ4v) is 3.05. The Morgan fingerprint density at radius 2 is 1.72 bits per heavy atom. The summed E-state index contributed by atoms with van der Waals surface area (Å²) in [6, 6.07) is 6.92. The molecule has 1 amide bonds. The average Bonchev–Trinajstić information content (AvgIpc) is 2.56. The number of benzene rings is 1. The van der Waals surface area contributed by atoms with Crippen LogP contribution in [-0.2, 0) is 9.53 Å². The zero-order chi connectivity index (χ0) is 18.4. The summed E-state index contributed by atoms with van der Waals surface area (Å²) >= 11 is 0. The van der Waals surface area contributed by atoms with E-state index in [9.17, 15) is 9.59 Å². The van der Waals surface area contributed by atoms with Crippen LogP contribution < -0.4 is 10.1 Å². The third-order valence-corrected chi connectivity index (χ3v) is 4.55. The first-order valence-electron chi connectivity index (χ1n) is 9.15. The lowest BCUT2D eigenvalue weighted by Crippen LogP contribution is -2.45. The zero-order valence-corrected chi connectivity index (χ0v) is 15.6. The second kappa shape index (κ2) is 8.88. The summed E-state index contributed by atoms with van der Waals surface area (Å²) < 4.78 is 10.9. The zero-order valence-electron chi connectivity index (χ0n) is 15.6. The molecule has 1 aliphatic rings. The fourth-order valence-electron chi connectivity index (χ4n) is 3.05. The van der Waals surface area contributed by atoms with Crippen molar-refractivity contribution < 1.29 is 19.1 Å². The molecule has 0 spiro atoms. The van der Waals surface area contributed by atoms with Gasteiger partial charge in [-0.3, -0.25) is 4.79 Å². The van der Waals surface area contributed by atoms with Gasteiger partial charge in [-0.15, -0.1) is 0 Å². The van der Waals surface area contributed by atoms with Gasteiger partial charge < -0.3 is 14.8 Å². The first-order chi connectivity index (χ1) is 11.9. The normalized spacial score (nSPS) is 21.5. The second-order valence-electron chi connectivity index (χ2n) is 7.12. The lowest BCUT2D eigenvalue weighted by molar-refractivity contribution is -0.130. The molecule has 0 aromatic heterocycles. The van der Waals surface area contributed by atoms with Crippen LogP contribution in [0.15, 0.2) is 24.3 Å². The third kappa shape index (κ3) is 5.76. The van der Waals surface area contributed by atoms with E-state index in [4.69, 9.17) is 9.47 Å². The summed E-state index contributed by atoms with van der Waals surface area (Å²) in [6.45, 7) is 7.64. The van der Waals surface area contributed by atoms with E-state index in [1.807, 2.05) is 13.8 Å². The second-order valence-corrected chi connectivity index (χ2v) is 7.12. The van der Waals surface area contributed by atoms with Crippen LogP contribution >= 0.6 is 0 Å². The predicted octanol–water partition coefficient (Wildman–Crippen LogP) is 3.71. The SMILES string of the molecule is CC(C)Oc1ccc(C(=O)O[C@H](C)C(=O)N[C@@H]2CCCC[C@H]2C)cc1. The highest BCUT2D eigenvalue weighted by Crippen LogP contribution is 2.24. The van der Waals surface area contributed by atoms with Crippen LogP contribution in [0.4, 0.5) is 0 Å². The summed E-state index contributed by atoms with van der Waals surface area (Å²) in [6.07, 6.45) is 3.73. The molecule has 1 aromatic rings. The number of carbonyl (C=O) groups excluding carboxylic acids is 2. The molecule has 1 N–H and O–H groups in total. The Morgan fingerprint density at radius 1 is 1.08 bits per heavy atom. The molecule has 1 aromatic carbocycles. The number of hydrogen-bond acceptors (Lipinski definition) is 4. The fraction of sp³-hybridized carbons (Fsp3) is 0.600. The summed E-state index contributed by atoms with van der Waals surface area (Å²) in [5.74, 6) is 0.431. The van der Waals surface area contributed by atoms with Crippen LogP contribution in [-0.4, -0.2) is 30.1 Å². The molecule has 0 heterocycles. The number of hydrogen-bond donors (Lipinski definition) is 1. The molecule has 5 heteroatoms. The van der Waals surface area contributed by atoms with Gasteiger partial charge in [0.1, 0.15) is 5.75 Å². The van der Waals surface area contributed by atoms with Crippen LogP contribution in [0, 0.1) is 5.92 Å². The van der Waals surface area contributed by atoms with Gasteiger partial charge in [-0.2, -0.15) is 0 Å². The largest absolute Gasteiger partial charge is 0.491 e. The van der Waals surface area contributed by atoms with Crippen molar-refractivity contribution in [3.05, 3.63) is 29.8 Å². The third-order valence-electron chi connectivity index (χ3n) is 4.55. The topological polar surface area (TPSA) is 64.6 Å². The molecule has 1 aliphatic carbocycles. The molecule has 0 radical (unpaired) electrons. The van der Waals surface area contributed by atoms with Gasteiger partial charge in [0.2, 0.25) is 0 Å². The Morgan fingerprint density at radius 3 is 2.32 bits per heavy atom. The van der Waals surface area contributed by atoms with Gasteiger partial charge >= 0.3 is 5.97 Å². The minimum absolute atomic E-state index is 0.0729.